The Labute approximate surface area is 92.2 Å². The highest BCUT2D eigenvalue weighted by molar-refractivity contribution is 7.92. The third-order valence-electron chi connectivity index (χ3n) is 2.47. The van der Waals surface area contributed by atoms with Gasteiger partial charge in [-0.25, -0.2) is 8.42 Å². The molecular weight excluding hydrogens is 208 g/mol. The van der Waals surface area contributed by atoms with Crippen molar-refractivity contribution in [1.29, 1.82) is 0 Å². The largest absolute Gasteiger partial charge is 0.223 e. The zero-order chi connectivity index (χ0) is 11.6. The summed E-state index contributed by atoms with van der Waals surface area (Å²) < 4.78 is 24.1. The quantitative estimate of drug-likeness (QED) is 0.794. The molecule has 0 saturated carbocycles. The molecule has 3 heteroatoms. The normalized spacial score (nSPS) is 12.4. The van der Waals surface area contributed by atoms with Gasteiger partial charge < -0.3 is 0 Å². The fourth-order valence-electron chi connectivity index (χ4n) is 1.47. The molecule has 2 nitrogen and oxygen atoms in total. The number of hydrogen-bond acceptors (Lipinski definition) is 2. The molecule has 15 heavy (non-hydrogen) atoms. The van der Waals surface area contributed by atoms with Gasteiger partial charge in [0.1, 0.15) is 0 Å². The van der Waals surface area contributed by atoms with Crippen molar-refractivity contribution in [3.8, 4) is 0 Å². The Hall–Kier alpha value is -0.830. The second kappa shape index (κ2) is 4.35. The first-order valence-electron chi connectivity index (χ1n) is 5.20. The third-order valence-corrected chi connectivity index (χ3v) is 4.69. The van der Waals surface area contributed by atoms with Crippen LogP contribution in [0.1, 0.15) is 39.2 Å². The SMILES string of the molecule is CC(C)c1ccccc1S(=O)(=O)C(C)C. The van der Waals surface area contributed by atoms with Crippen molar-refractivity contribution < 1.29 is 8.42 Å². The summed E-state index contributed by atoms with van der Waals surface area (Å²) in [5.74, 6) is 0.231. The lowest BCUT2D eigenvalue weighted by molar-refractivity contribution is 0.585. The Morgan fingerprint density at radius 1 is 1.00 bits per heavy atom. The minimum Gasteiger partial charge on any atom is -0.223 e. The number of rotatable bonds is 3. The average Bonchev–Trinajstić information content (AvgIpc) is 2.17. The molecule has 0 heterocycles. The van der Waals surface area contributed by atoms with Gasteiger partial charge >= 0.3 is 0 Å². The number of sulfone groups is 1. The Bertz CT molecular complexity index is 431. The van der Waals surface area contributed by atoms with E-state index < -0.39 is 9.84 Å². The molecule has 0 saturated heterocycles. The van der Waals surface area contributed by atoms with Crippen LogP contribution >= 0.6 is 0 Å². The van der Waals surface area contributed by atoms with Gasteiger partial charge in [0, 0.05) is 0 Å². The standard InChI is InChI=1S/C12H18O2S/c1-9(2)11-7-5-6-8-12(11)15(13,14)10(3)4/h5-10H,1-4H3. The Balaban J connectivity index is 3.38. The van der Waals surface area contributed by atoms with Gasteiger partial charge in [-0.2, -0.15) is 0 Å². The van der Waals surface area contributed by atoms with Crippen LogP contribution in [0.2, 0.25) is 0 Å². The predicted octanol–water partition coefficient (Wildman–Crippen LogP) is 2.99. The topological polar surface area (TPSA) is 34.1 Å². The Morgan fingerprint density at radius 3 is 2.00 bits per heavy atom. The van der Waals surface area contributed by atoms with E-state index in [0.29, 0.717) is 4.90 Å². The van der Waals surface area contributed by atoms with Crippen LogP contribution in [0.4, 0.5) is 0 Å². The minimum atomic E-state index is -3.15. The lowest BCUT2D eigenvalue weighted by atomic mass is 10.0. The van der Waals surface area contributed by atoms with Gasteiger partial charge in [0.05, 0.1) is 10.1 Å². The summed E-state index contributed by atoms with van der Waals surface area (Å²) in [6, 6.07) is 7.25. The van der Waals surface area contributed by atoms with Gasteiger partial charge in [0.2, 0.25) is 0 Å². The Morgan fingerprint density at radius 2 is 1.53 bits per heavy atom. The van der Waals surface area contributed by atoms with E-state index in [2.05, 4.69) is 0 Å². The highest BCUT2D eigenvalue weighted by Crippen LogP contribution is 2.26. The van der Waals surface area contributed by atoms with Crippen LogP contribution in [-0.2, 0) is 9.84 Å². The molecule has 1 rings (SSSR count). The van der Waals surface area contributed by atoms with Gasteiger partial charge in [-0.3, -0.25) is 0 Å². The smallest absolute Gasteiger partial charge is 0.180 e. The van der Waals surface area contributed by atoms with Gasteiger partial charge in [0.25, 0.3) is 0 Å². The second-order valence-electron chi connectivity index (χ2n) is 4.29. The van der Waals surface area contributed by atoms with Crippen molar-refractivity contribution in [2.75, 3.05) is 0 Å². The van der Waals surface area contributed by atoms with E-state index in [-0.39, 0.29) is 11.2 Å². The van der Waals surface area contributed by atoms with E-state index in [1.165, 1.54) is 0 Å². The molecule has 0 aromatic heterocycles. The molecular formula is C12H18O2S. The van der Waals surface area contributed by atoms with Gasteiger partial charge in [-0.05, 0) is 31.4 Å². The molecule has 0 aliphatic rings. The summed E-state index contributed by atoms with van der Waals surface area (Å²) in [6.07, 6.45) is 0. The zero-order valence-electron chi connectivity index (χ0n) is 9.69. The van der Waals surface area contributed by atoms with Gasteiger partial charge in [-0.1, -0.05) is 32.0 Å². The Kier molecular flexibility index (Phi) is 3.55. The number of hydrogen-bond donors (Lipinski definition) is 0. The van der Waals surface area contributed by atoms with E-state index in [9.17, 15) is 8.42 Å². The predicted molar refractivity (Wildman–Crippen MR) is 62.9 cm³/mol. The third kappa shape index (κ3) is 2.40. The molecule has 1 aromatic carbocycles. The molecule has 0 spiro atoms. The lowest BCUT2D eigenvalue weighted by Crippen LogP contribution is -2.16. The lowest BCUT2D eigenvalue weighted by Gasteiger charge is -2.14. The monoisotopic (exact) mass is 226 g/mol. The summed E-state index contributed by atoms with van der Waals surface area (Å²) in [5, 5.41) is -0.364. The van der Waals surface area contributed by atoms with Gasteiger partial charge in [-0.15, -0.1) is 0 Å². The molecule has 0 N–H and O–H groups in total. The first-order chi connectivity index (χ1) is 6.87. The molecule has 0 aliphatic heterocycles. The maximum absolute atomic E-state index is 12.1. The van der Waals surface area contributed by atoms with Crippen molar-refractivity contribution in [3.05, 3.63) is 29.8 Å². The molecule has 1 aromatic rings. The van der Waals surface area contributed by atoms with Crippen LogP contribution in [0, 0.1) is 0 Å². The van der Waals surface area contributed by atoms with Crippen molar-refractivity contribution in [3.63, 3.8) is 0 Å². The number of benzene rings is 1. The van der Waals surface area contributed by atoms with Crippen LogP contribution in [0.3, 0.4) is 0 Å². The maximum atomic E-state index is 12.1. The van der Waals surface area contributed by atoms with Gasteiger partial charge in [0.15, 0.2) is 9.84 Å². The molecule has 0 amide bonds. The summed E-state index contributed by atoms with van der Waals surface area (Å²) in [5.41, 5.74) is 0.909. The van der Waals surface area contributed by atoms with Crippen molar-refractivity contribution in [2.24, 2.45) is 0 Å². The van der Waals surface area contributed by atoms with E-state index in [4.69, 9.17) is 0 Å². The second-order valence-corrected chi connectivity index (χ2v) is 6.76. The van der Waals surface area contributed by atoms with Crippen molar-refractivity contribution in [2.45, 2.75) is 43.8 Å². The molecule has 0 radical (unpaired) electrons. The fourth-order valence-corrected chi connectivity index (χ4v) is 2.88. The molecule has 84 valence electrons. The van der Waals surface area contributed by atoms with Crippen LogP contribution in [0.15, 0.2) is 29.2 Å². The van der Waals surface area contributed by atoms with Crippen molar-refractivity contribution in [1.82, 2.24) is 0 Å². The van der Waals surface area contributed by atoms with E-state index in [1.807, 2.05) is 26.0 Å². The molecule has 0 aliphatic carbocycles. The molecule has 0 fully saturated rings. The molecule has 0 bridgehead atoms. The first-order valence-corrected chi connectivity index (χ1v) is 6.74. The first kappa shape index (κ1) is 12.2. The van der Waals surface area contributed by atoms with E-state index >= 15 is 0 Å². The van der Waals surface area contributed by atoms with Crippen molar-refractivity contribution >= 4 is 9.84 Å². The average molecular weight is 226 g/mol. The summed E-state index contributed by atoms with van der Waals surface area (Å²) >= 11 is 0. The minimum absolute atomic E-state index is 0.231. The molecule has 0 unspecified atom stereocenters. The summed E-state index contributed by atoms with van der Waals surface area (Å²) in [4.78, 5) is 0.481. The highest BCUT2D eigenvalue weighted by Gasteiger charge is 2.22. The van der Waals surface area contributed by atoms with Crippen LogP contribution in [-0.4, -0.2) is 13.7 Å². The summed E-state index contributed by atoms with van der Waals surface area (Å²) in [7, 11) is -3.15. The van der Waals surface area contributed by atoms with Crippen LogP contribution < -0.4 is 0 Å². The summed E-state index contributed by atoms with van der Waals surface area (Å²) in [6.45, 7) is 7.45. The zero-order valence-corrected chi connectivity index (χ0v) is 10.5. The van der Waals surface area contributed by atoms with E-state index in [1.54, 1.807) is 26.0 Å². The van der Waals surface area contributed by atoms with Crippen LogP contribution in [0.25, 0.3) is 0 Å². The van der Waals surface area contributed by atoms with Crippen LogP contribution in [0.5, 0.6) is 0 Å². The molecule has 0 atom stereocenters. The fraction of sp³-hybridized carbons (Fsp3) is 0.500. The maximum Gasteiger partial charge on any atom is 0.180 e. The highest BCUT2D eigenvalue weighted by atomic mass is 32.2. The van der Waals surface area contributed by atoms with E-state index in [0.717, 1.165) is 5.56 Å².